The van der Waals surface area contributed by atoms with Crippen molar-refractivity contribution < 1.29 is 4.39 Å². The highest BCUT2D eigenvalue weighted by Crippen LogP contribution is 2.25. The predicted molar refractivity (Wildman–Crippen MR) is 98.9 cm³/mol. The van der Waals surface area contributed by atoms with Gasteiger partial charge in [0.2, 0.25) is 0 Å². The van der Waals surface area contributed by atoms with Crippen molar-refractivity contribution in [2.45, 2.75) is 0 Å². The van der Waals surface area contributed by atoms with Crippen molar-refractivity contribution in [2.24, 2.45) is 0 Å². The molecule has 5 nitrogen and oxygen atoms in total. The molecule has 128 valence electrons. The van der Waals surface area contributed by atoms with E-state index in [1.807, 2.05) is 12.1 Å². The number of fused-ring (bicyclic) bond motifs is 1. The summed E-state index contributed by atoms with van der Waals surface area (Å²) in [6.07, 6.45) is 1.49. The number of halogens is 1. The molecule has 1 N–H and O–H groups in total. The minimum absolute atomic E-state index is 0.296. The van der Waals surface area contributed by atoms with Crippen LogP contribution in [0.1, 0.15) is 0 Å². The average Bonchev–Trinajstić information content (AvgIpc) is 2.64. The summed E-state index contributed by atoms with van der Waals surface area (Å²) in [4.78, 5) is 13.2. The molecule has 0 atom stereocenters. The van der Waals surface area contributed by atoms with Crippen LogP contribution < -0.4 is 10.2 Å². The van der Waals surface area contributed by atoms with Gasteiger partial charge in [-0.1, -0.05) is 0 Å². The first kappa shape index (κ1) is 15.8. The molecule has 2 aromatic carbocycles. The Kier molecular flexibility index (Phi) is 4.19. The van der Waals surface area contributed by atoms with Crippen LogP contribution in [0.3, 0.4) is 0 Å². The van der Waals surface area contributed by atoms with Crippen LogP contribution in [0, 0.1) is 5.82 Å². The molecule has 0 aliphatic carbocycles. The van der Waals surface area contributed by atoms with Gasteiger partial charge in [-0.2, -0.15) is 0 Å². The summed E-state index contributed by atoms with van der Waals surface area (Å²) in [6.45, 7) is 4.25. The normalized spacial score (nSPS) is 15.5. The van der Waals surface area contributed by atoms with Crippen molar-refractivity contribution >= 4 is 28.1 Å². The van der Waals surface area contributed by atoms with Crippen molar-refractivity contribution in [3.05, 3.63) is 54.6 Å². The van der Waals surface area contributed by atoms with E-state index in [0.29, 0.717) is 16.7 Å². The monoisotopic (exact) mass is 337 g/mol. The summed E-state index contributed by atoms with van der Waals surface area (Å²) in [5.41, 5.74) is 2.85. The van der Waals surface area contributed by atoms with E-state index in [0.717, 1.165) is 31.9 Å². The van der Waals surface area contributed by atoms with Crippen molar-refractivity contribution in [3.8, 4) is 0 Å². The maximum absolute atomic E-state index is 13.5. The molecule has 1 aliphatic rings. The Hall–Kier alpha value is -2.73. The Labute approximate surface area is 146 Å². The third kappa shape index (κ3) is 3.39. The van der Waals surface area contributed by atoms with Crippen LogP contribution >= 0.6 is 0 Å². The van der Waals surface area contributed by atoms with E-state index in [9.17, 15) is 4.39 Å². The number of rotatable bonds is 3. The Balaban J connectivity index is 1.55. The van der Waals surface area contributed by atoms with E-state index < -0.39 is 0 Å². The lowest BCUT2D eigenvalue weighted by atomic mass is 10.2. The Morgan fingerprint density at radius 1 is 0.960 bits per heavy atom. The number of nitrogens with zero attached hydrogens (tertiary/aromatic N) is 4. The van der Waals surface area contributed by atoms with Crippen LogP contribution in [0.25, 0.3) is 10.9 Å². The lowest BCUT2D eigenvalue weighted by molar-refractivity contribution is 0.313. The molecule has 1 aromatic heterocycles. The van der Waals surface area contributed by atoms with Crippen LogP contribution in [0.4, 0.5) is 21.6 Å². The van der Waals surface area contributed by atoms with Crippen LogP contribution in [-0.4, -0.2) is 48.1 Å². The Morgan fingerprint density at radius 2 is 1.72 bits per heavy atom. The fourth-order valence-corrected chi connectivity index (χ4v) is 3.09. The number of anilines is 3. The molecule has 1 saturated heterocycles. The number of hydrogen-bond donors (Lipinski definition) is 1. The first-order chi connectivity index (χ1) is 12.2. The molecule has 1 fully saturated rings. The lowest BCUT2D eigenvalue weighted by Crippen LogP contribution is -2.44. The summed E-state index contributed by atoms with van der Waals surface area (Å²) in [5.74, 6) is 0.313. The zero-order valence-electron chi connectivity index (χ0n) is 14.1. The third-order valence-electron chi connectivity index (χ3n) is 4.60. The molecule has 2 heterocycles. The molecule has 0 bridgehead atoms. The summed E-state index contributed by atoms with van der Waals surface area (Å²) in [5, 5.41) is 3.94. The standard InChI is InChI=1S/C19H20FN5/c1-24-8-10-25(11-9-24)16-5-3-15(4-6-16)23-19-17-12-14(20)2-7-18(17)21-13-22-19/h2-7,12-13H,8-11H2,1H3,(H,21,22,23). The topological polar surface area (TPSA) is 44.3 Å². The number of aromatic nitrogens is 2. The van der Waals surface area contributed by atoms with Crippen molar-refractivity contribution in [3.63, 3.8) is 0 Å². The quantitative estimate of drug-likeness (QED) is 0.795. The van der Waals surface area contributed by atoms with Gasteiger partial charge < -0.3 is 15.1 Å². The van der Waals surface area contributed by atoms with Crippen LogP contribution in [0.5, 0.6) is 0 Å². The van der Waals surface area contributed by atoms with Gasteiger partial charge in [0.1, 0.15) is 18.0 Å². The number of benzene rings is 2. The molecule has 4 rings (SSSR count). The van der Waals surface area contributed by atoms with Gasteiger partial charge in [-0.15, -0.1) is 0 Å². The molecule has 0 spiro atoms. The first-order valence-electron chi connectivity index (χ1n) is 8.40. The Morgan fingerprint density at radius 3 is 2.48 bits per heavy atom. The van der Waals surface area contributed by atoms with Crippen molar-refractivity contribution in [2.75, 3.05) is 43.4 Å². The molecule has 0 radical (unpaired) electrons. The van der Waals surface area contributed by atoms with E-state index in [1.165, 1.54) is 24.1 Å². The van der Waals surface area contributed by atoms with Crippen molar-refractivity contribution in [1.82, 2.24) is 14.9 Å². The van der Waals surface area contributed by atoms with Crippen LogP contribution in [0.2, 0.25) is 0 Å². The van der Waals surface area contributed by atoms with Gasteiger partial charge in [0, 0.05) is 42.9 Å². The summed E-state index contributed by atoms with van der Waals surface area (Å²) >= 11 is 0. The highest BCUT2D eigenvalue weighted by Gasteiger charge is 2.14. The largest absolute Gasteiger partial charge is 0.369 e. The fourth-order valence-electron chi connectivity index (χ4n) is 3.09. The highest BCUT2D eigenvalue weighted by molar-refractivity contribution is 5.90. The molecule has 25 heavy (non-hydrogen) atoms. The van der Waals surface area contributed by atoms with E-state index >= 15 is 0 Å². The summed E-state index contributed by atoms with van der Waals surface area (Å²) in [7, 11) is 2.15. The second-order valence-corrected chi connectivity index (χ2v) is 6.35. The molecule has 6 heteroatoms. The summed E-state index contributed by atoms with van der Waals surface area (Å²) < 4.78 is 13.5. The second kappa shape index (κ2) is 6.64. The van der Waals surface area contributed by atoms with Gasteiger partial charge in [0.15, 0.2) is 0 Å². The van der Waals surface area contributed by atoms with Gasteiger partial charge in [-0.05, 0) is 49.5 Å². The minimum Gasteiger partial charge on any atom is -0.369 e. The zero-order valence-corrected chi connectivity index (χ0v) is 14.1. The van der Waals surface area contributed by atoms with E-state index in [4.69, 9.17) is 0 Å². The van der Waals surface area contributed by atoms with E-state index in [-0.39, 0.29) is 5.82 Å². The zero-order chi connectivity index (χ0) is 17.2. The van der Waals surface area contributed by atoms with Gasteiger partial charge in [-0.25, -0.2) is 14.4 Å². The van der Waals surface area contributed by atoms with Gasteiger partial charge >= 0.3 is 0 Å². The van der Waals surface area contributed by atoms with Crippen LogP contribution in [0.15, 0.2) is 48.8 Å². The smallest absolute Gasteiger partial charge is 0.141 e. The lowest BCUT2D eigenvalue weighted by Gasteiger charge is -2.34. The number of nitrogens with one attached hydrogen (secondary N) is 1. The van der Waals surface area contributed by atoms with Crippen LogP contribution in [-0.2, 0) is 0 Å². The average molecular weight is 337 g/mol. The molecule has 0 unspecified atom stereocenters. The van der Waals surface area contributed by atoms with Gasteiger partial charge in [-0.3, -0.25) is 0 Å². The minimum atomic E-state index is -0.296. The first-order valence-corrected chi connectivity index (χ1v) is 8.40. The highest BCUT2D eigenvalue weighted by atomic mass is 19.1. The van der Waals surface area contributed by atoms with E-state index in [1.54, 1.807) is 6.07 Å². The second-order valence-electron chi connectivity index (χ2n) is 6.35. The van der Waals surface area contributed by atoms with E-state index in [2.05, 4.69) is 44.3 Å². The molecule has 3 aromatic rings. The number of piperazine rings is 1. The molecule has 0 saturated carbocycles. The maximum Gasteiger partial charge on any atom is 0.141 e. The predicted octanol–water partition coefficient (Wildman–Crippen LogP) is 3.26. The third-order valence-corrected chi connectivity index (χ3v) is 4.60. The van der Waals surface area contributed by atoms with Crippen molar-refractivity contribution in [1.29, 1.82) is 0 Å². The number of likely N-dealkylation sites (N-methyl/N-ethyl adjacent to an activating group) is 1. The van der Waals surface area contributed by atoms with Gasteiger partial charge in [0.05, 0.1) is 5.52 Å². The molecular formula is C19H20FN5. The Bertz CT molecular complexity index is 873. The molecule has 0 amide bonds. The SMILES string of the molecule is CN1CCN(c2ccc(Nc3ncnc4ccc(F)cc34)cc2)CC1. The number of hydrogen-bond acceptors (Lipinski definition) is 5. The molecular weight excluding hydrogens is 317 g/mol. The summed E-state index contributed by atoms with van der Waals surface area (Å²) in [6, 6.07) is 12.8. The molecule has 1 aliphatic heterocycles. The van der Waals surface area contributed by atoms with Gasteiger partial charge in [0.25, 0.3) is 0 Å². The fraction of sp³-hybridized carbons (Fsp3) is 0.263. The maximum atomic E-state index is 13.5.